The fraction of sp³-hybridized carbons (Fsp3) is 0.318. The number of hydrogen-bond donors (Lipinski definition) is 1. The highest BCUT2D eigenvalue weighted by atomic mass is 16.5. The zero-order valence-electron chi connectivity index (χ0n) is 16.3. The molecule has 0 bridgehead atoms. The maximum Gasteiger partial charge on any atom is 0.256 e. The van der Waals surface area contributed by atoms with E-state index in [1.54, 1.807) is 47.4 Å². The van der Waals surface area contributed by atoms with Crippen molar-refractivity contribution in [3.05, 3.63) is 54.1 Å². The Morgan fingerprint density at radius 3 is 2.83 bits per heavy atom. The third kappa shape index (κ3) is 3.68. The van der Waals surface area contributed by atoms with Gasteiger partial charge in [0.05, 0.1) is 17.9 Å². The van der Waals surface area contributed by atoms with Gasteiger partial charge in [-0.1, -0.05) is 18.2 Å². The van der Waals surface area contributed by atoms with Crippen molar-refractivity contribution in [2.45, 2.75) is 25.8 Å². The summed E-state index contributed by atoms with van der Waals surface area (Å²) in [5.74, 6) is -0.0304. The Hall–Kier alpha value is -3.35. The number of fused-ring (bicyclic) bond motifs is 2. The van der Waals surface area contributed by atoms with Gasteiger partial charge in [-0.15, -0.1) is 0 Å². The number of anilines is 2. The maximum absolute atomic E-state index is 13.2. The lowest BCUT2D eigenvalue weighted by Crippen LogP contribution is -2.47. The van der Waals surface area contributed by atoms with Gasteiger partial charge in [0.25, 0.3) is 5.91 Å². The first-order valence-electron chi connectivity index (χ1n) is 9.82. The molecule has 7 heteroatoms. The molecule has 2 aliphatic heterocycles. The third-order valence-electron chi connectivity index (χ3n) is 5.22. The lowest BCUT2D eigenvalue weighted by molar-refractivity contribution is -0.124. The molecule has 1 fully saturated rings. The number of carbonyl (C=O) groups excluding carboxylic acids is 3. The van der Waals surface area contributed by atoms with Crippen LogP contribution in [0, 0.1) is 0 Å². The van der Waals surface area contributed by atoms with Crippen molar-refractivity contribution in [1.82, 2.24) is 4.90 Å². The molecule has 0 radical (unpaired) electrons. The van der Waals surface area contributed by atoms with Crippen LogP contribution in [0.1, 0.15) is 30.1 Å². The molecule has 0 unspecified atom stereocenters. The first-order chi connectivity index (χ1) is 14.1. The van der Waals surface area contributed by atoms with Crippen LogP contribution in [-0.4, -0.2) is 48.4 Å². The van der Waals surface area contributed by atoms with Crippen molar-refractivity contribution in [3.63, 3.8) is 0 Å². The zero-order valence-corrected chi connectivity index (χ0v) is 16.3. The third-order valence-corrected chi connectivity index (χ3v) is 5.22. The van der Waals surface area contributed by atoms with Gasteiger partial charge < -0.3 is 19.9 Å². The molecule has 2 aliphatic rings. The van der Waals surface area contributed by atoms with Crippen LogP contribution in [0.25, 0.3) is 0 Å². The van der Waals surface area contributed by atoms with Crippen LogP contribution >= 0.6 is 0 Å². The van der Waals surface area contributed by atoms with E-state index in [-0.39, 0.29) is 24.3 Å². The van der Waals surface area contributed by atoms with E-state index in [1.165, 1.54) is 4.90 Å². The molecule has 0 saturated carbocycles. The van der Waals surface area contributed by atoms with Crippen molar-refractivity contribution in [1.29, 1.82) is 0 Å². The molecule has 7 nitrogen and oxygen atoms in total. The van der Waals surface area contributed by atoms with Gasteiger partial charge in [0.2, 0.25) is 11.8 Å². The van der Waals surface area contributed by atoms with E-state index in [4.69, 9.17) is 4.74 Å². The predicted molar refractivity (Wildman–Crippen MR) is 109 cm³/mol. The Morgan fingerprint density at radius 1 is 1.17 bits per heavy atom. The molecule has 1 N–H and O–H groups in total. The summed E-state index contributed by atoms with van der Waals surface area (Å²) in [5.41, 5.74) is 1.53. The molecule has 0 aromatic heterocycles. The molecule has 1 saturated heterocycles. The lowest BCUT2D eigenvalue weighted by atomic mass is 10.1. The molecule has 3 amide bonds. The smallest absolute Gasteiger partial charge is 0.256 e. The molecular weight excluding hydrogens is 370 g/mol. The number of rotatable bonds is 5. The van der Waals surface area contributed by atoms with Gasteiger partial charge in [-0.3, -0.25) is 14.4 Å². The predicted octanol–water partition coefficient (Wildman–Crippen LogP) is 2.68. The maximum atomic E-state index is 13.2. The van der Waals surface area contributed by atoms with E-state index in [0.29, 0.717) is 42.3 Å². The fourth-order valence-electron chi connectivity index (χ4n) is 3.95. The Balaban J connectivity index is 1.59. The molecule has 4 rings (SSSR count). The van der Waals surface area contributed by atoms with Crippen LogP contribution in [0.3, 0.4) is 0 Å². The minimum Gasteiger partial charge on any atom is -0.494 e. The number of carbonyl (C=O) groups is 3. The van der Waals surface area contributed by atoms with Gasteiger partial charge >= 0.3 is 0 Å². The number of nitrogens with zero attached hydrogens (tertiary/aromatic N) is 2. The molecule has 150 valence electrons. The van der Waals surface area contributed by atoms with Crippen LogP contribution < -0.4 is 15.0 Å². The highest BCUT2D eigenvalue weighted by Crippen LogP contribution is 2.32. The van der Waals surface area contributed by atoms with Gasteiger partial charge in [0.15, 0.2) is 0 Å². The van der Waals surface area contributed by atoms with Gasteiger partial charge in [0.1, 0.15) is 18.3 Å². The number of ether oxygens (including phenoxy) is 1. The summed E-state index contributed by atoms with van der Waals surface area (Å²) < 4.78 is 5.46. The quantitative estimate of drug-likeness (QED) is 0.847. The van der Waals surface area contributed by atoms with Crippen molar-refractivity contribution in [3.8, 4) is 5.75 Å². The van der Waals surface area contributed by atoms with Crippen molar-refractivity contribution in [2.75, 3.05) is 29.9 Å². The second kappa shape index (κ2) is 7.95. The molecular formula is C22H23N3O4. The summed E-state index contributed by atoms with van der Waals surface area (Å²) >= 11 is 0. The standard InChI is InChI=1S/C22H23N3O4/c1-2-29-16-8-5-7-15(13-16)23-20(26)14-25-18-10-4-3-9-17(18)21(27)24-12-6-11-19(24)22(25)28/h3-5,7-10,13,19H,2,6,11-12,14H2,1H3,(H,23,26)/t19-/m1/s1. The molecule has 0 aliphatic carbocycles. The minimum atomic E-state index is -0.510. The van der Waals surface area contributed by atoms with E-state index in [2.05, 4.69) is 5.32 Å². The fourth-order valence-corrected chi connectivity index (χ4v) is 3.95. The summed E-state index contributed by atoms with van der Waals surface area (Å²) in [6.07, 6.45) is 1.40. The van der Waals surface area contributed by atoms with Crippen LogP contribution in [-0.2, 0) is 9.59 Å². The van der Waals surface area contributed by atoms with E-state index >= 15 is 0 Å². The number of para-hydroxylation sites is 1. The van der Waals surface area contributed by atoms with Gasteiger partial charge in [-0.05, 0) is 44.0 Å². The van der Waals surface area contributed by atoms with Gasteiger partial charge in [-0.2, -0.15) is 0 Å². The Morgan fingerprint density at radius 2 is 2.00 bits per heavy atom. The number of nitrogens with one attached hydrogen (secondary N) is 1. The van der Waals surface area contributed by atoms with Crippen LogP contribution in [0.2, 0.25) is 0 Å². The SMILES string of the molecule is CCOc1cccc(NC(=O)CN2C(=O)[C@H]3CCCN3C(=O)c3ccccc32)c1. The topological polar surface area (TPSA) is 79.0 Å². The number of amides is 3. The molecule has 0 spiro atoms. The second-order valence-electron chi connectivity index (χ2n) is 7.11. The first-order valence-corrected chi connectivity index (χ1v) is 9.82. The van der Waals surface area contributed by atoms with E-state index in [1.807, 2.05) is 13.0 Å². The highest BCUT2D eigenvalue weighted by molar-refractivity contribution is 6.13. The first kappa shape index (κ1) is 19.0. The summed E-state index contributed by atoms with van der Waals surface area (Å²) in [4.78, 5) is 41.9. The van der Waals surface area contributed by atoms with Crippen LogP contribution in [0.5, 0.6) is 5.75 Å². The molecule has 1 atom stereocenters. The zero-order chi connectivity index (χ0) is 20.4. The van der Waals surface area contributed by atoms with E-state index in [9.17, 15) is 14.4 Å². The summed E-state index contributed by atoms with van der Waals surface area (Å²) in [7, 11) is 0. The van der Waals surface area contributed by atoms with Crippen LogP contribution in [0.15, 0.2) is 48.5 Å². The number of benzene rings is 2. The Kier molecular flexibility index (Phi) is 5.20. The summed E-state index contributed by atoms with van der Waals surface area (Å²) in [6, 6.07) is 13.6. The van der Waals surface area contributed by atoms with Crippen molar-refractivity contribution < 1.29 is 19.1 Å². The lowest BCUT2D eigenvalue weighted by Gasteiger charge is -2.25. The summed E-state index contributed by atoms with van der Waals surface area (Å²) in [5, 5.41) is 2.82. The Bertz CT molecular complexity index is 959. The van der Waals surface area contributed by atoms with E-state index in [0.717, 1.165) is 6.42 Å². The second-order valence-corrected chi connectivity index (χ2v) is 7.11. The van der Waals surface area contributed by atoms with Crippen molar-refractivity contribution in [2.24, 2.45) is 0 Å². The average Bonchev–Trinajstić information content (AvgIpc) is 3.19. The molecule has 2 aromatic carbocycles. The minimum absolute atomic E-state index is 0.149. The van der Waals surface area contributed by atoms with Crippen LogP contribution in [0.4, 0.5) is 11.4 Å². The Labute approximate surface area is 169 Å². The van der Waals surface area contributed by atoms with Gasteiger partial charge in [-0.25, -0.2) is 0 Å². The molecule has 2 aromatic rings. The number of hydrogen-bond acceptors (Lipinski definition) is 4. The normalized spacial score (nSPS) is 18.2. The van der Waals surface area contributed by atoms with Gasteiger partial charge in [0, 0.05) is 18.3 Å². The van der Waals surface area contributed by atoms with E-state index < -0.39 is 6.04 Å². The molecule has 2 heterocycles. The molecule has 29 heavy (non-hydrogen) atoms. The highest BCUT2D eigenvalue weighted by Gasteiger charge is 2.42. The monoisotopic (exact) mass is 393 g/mol. The average molecular weight is 393 g/mol. The largest absolute Gasteiger partial charge is 0.494 e. The summed E-state index contributed by atoms with van der Waals surface area (Å²) in [6.45, 7) is 2.82. The van der Waals surface area contributed by atoms with Crippen molar-refractivity contribution >= 4 is 29.1 Å².